The molecule has 1 aromatic heterocycles. The number of aromatic nitrogens is 3. The lowest BCUT2D eigenvalue weighted by molar-refractivity contribution is -0.160. The van der Waals surface area contributed by atoms with Crippen LogP contribution in [-0.2, 0) is 41.6 Å². The number of rotatable bonds is 25. The number of nitrogens with zero attached hydrogens (tertiary/aromatic N) is 3. The maximum Gasteiger partial charge on any atom is 0.306 e. The molecule has 0 amide bonds. The van der Waals surface area contributed by atoms with Crippen molar-refractivity contribution in [1.29, 1.82) is 0 Å². The molecule has 10 heteroatoms. The molecule has 0 radical (unpaired) electrons. The fraction of sp³-hybridized carbons (Fsp3) is 0.861. The summed E-state index contributed by atoms with van der Waals surface area (Å²) in [4.78, 5) is 37.4. The highest BCUT2D eigenvalue weighted by Crippen LogP contribution is 2.16. The Morgan fingerprint density at radius 1 is 0.783 bits per heavy atom. The van der Waals surface area contributed by atoms with Gasteiger partial charge in [0, 0.05) is 45.6 Å². The zero-order valence-electron chi connectivity index (χ0n) is 31.3. The van der Waals surface area contributed by atoms with Crippen molar-refractivity contribution < 1.29 is 33.7 Å². The van der Waals surface area contributed by atoms with Crippen molar-refractivity contribution in [3.63, 3.8) is 0 Å². The molecule has 0 saturated heterocycles. The van der Waals surface area contributed by atoms with Crippen LogP contribution < -0.4 is 0 Å². The molecule has 1 N–H and O–H groups in total. The van der Waals surface area contributed by atoms with Crippen LogP contribution in [0.3, 0.4) is 0 Å². The van der Waals surface area contributed by atoms with Gasteiger partial charge in [-0.1, -0.05) is 111 Å². The first-order chi connectivity index (χ1) is 22.2. The average molecular weight is 658 g/mol. The minimum absolute atomic E-state index is 0.0190. The van der Waals surface area contributed by atoms with Crippen LogP contribution >= 0.6 is 0 Å². The summed E-state index contributed by atoms with van der Waals surface area (Å²) in [5.41, 5.74) is -0.163. The molecule has 1 rings (SSSR count). The van der Waals surface area contributed by atoms with Crippen molar-refractivity contribution >= 4 is 17.7 Å². The van der Waals surface area contributed by atoms with Gasteiger partial charge in [-0.2, -0.15) is 0 Å². The van der Waals surface area contributed by atoms with E-state index in [9.17, 15) is 14.4 Å². The first-order valence-corrected chi connectivity index (χ1v) is 18.1. The molecule has 1 atom stereocenters. The third-order valence-corrected chi connectivity index (χ3v) is 6.91. The van der Waals surface area contributed by atoms with Crippen LogP contribution in [0.25, 0.3) is 0 Å². The van der Waals surface area contributed by atoms with Gasteiger partial charge in [-0.05, 0) is 33.1 Å². The van der Waals surface area contributed by atoms with E-state index >= 15 is 0 Å². The predicted molar refractivity (Wildman–Crippen MR) is 187 cm³/mol. The topological polar surface area (TPSA) is 130 Å². The number of unbranched alkanes of at least 4 members (excludes halogenated alkanes) is 9. The Morgan fingerprint density at radius 2 is 1.30 bits per heavy atom. The Hall–Kier alpha value is -2.33. The third-order valence-electron chi connectivity index (χ3n) is 6.91. The van der Waals surface area contributed by atoms with E-state index in [1.807, 2.05) is 27.7 Å². The standard InChI is InChI=1S/C31H55N3O6.2C2H6.CH4O/c1-6-9-12-14-16-18-29(36)38-25-27(40-30(37)19-17-15-13-10-7-2)24-34-23-26(32-33-34)20-21-28(35)31(4,5)39-22-11-8-3;3*1-2/h23,27H,6-22,24-25H2,1-5H3;2*1-2H3;2H,1H3. The number of aliphatic hydroxyl groups is 1. The molecule has 46 heavy (non-hydrogen) atoms. The zero-order chi connectivity index (χ0) is 35.6. The zero-order valence-corrected chi connectivity index (χ0v) is 31.3. The van der Waals surface area contributed by atoms with E-state index in [1.165, 1.54) is 6.42 Å². The number of Topliss-reactive ketones (excluding diaryl/α,β-unsaturated/α-hetero) is 1. The molecule has 0 fully saturated rings. The summed E-state index contributed by atoms with van der Waals surface area (Å²) >= 11 is 0. The van der Waals surface area contributed by atoms with Crippen LogP contribution in [0.4, 0.5) is 0 Å². The Labute approximate surface area is 281 Å². The molecule has 1 aromatic rings. The highest BCUT2D eigenvalue weighted by molar-refractivity contribution is 5.86. The summed E-state index contributed by atoms with van der Waals surface area (Å²) in [5, 5.41) is 15.3. The highest BCUT2D eigenvalue weighted by Gasteiger charge is 2.28. The summed E-state index contributed by atoms with van der Waals surface area (Å²) in [6.45, 7) is 18.8. The molecule has 10 nitrogen and oxygen atoms in total. The van der Waals surface area contributed by atoms with Crippen LogP contribution in [0, 0.1) is 0 Å². The number of esters is 2. The molecule has 0 spiro atoms. The normalized spacial score (nSPS) is 11.1. The fourth-order valence-corrected chi connectivity index (χ4v) is 4.22. The summed E-state index contributed by atoms with van der Waals surface area (Å²) in [7, 11) is 1.00. The molecule has 0 aliphatic rings. The van der Waals surface area contributed by atoms with Crippen molar-refractivity contribution in [3.8, 4) is 0 Å². The van der Waals surface area contributed by atoms with Crippen molar-refractivity contribution in [2.24, 2.45) is 0 Å². The first kappa shape index (κ1) is 48.1. The monoisotopic (exact) mass is 658 g/mol. The van der Waals surface area contributed by atoms with Crippen LogP contribution in [0.2, 0.25) is 0 Å². The van der Waals surface area contributed by atoms with Crippen molar-refractivity contribution in [2.45, 2.75) is 183 Å². The van der Waals surface area contributed by atoms with E-state index in [-0.39, 0.29) is 30.9 Å². The van der Waals surface area contributed by atoms with E-state index in [1.54, 1.807) is 24.7 Å². The minimum atomic E-state index is -0.832. The van der Waals surface area contributed by atoms with E-state index in [0.29, 0.717) is 38.0 Å². The number of carbonyl (C=O) groups is 3. The van der Waals surface area contributed by atoms with Gasteiger partial charge in [0.15, 0.2) is 11.9 Å². The second-order valence-electron chi connectivity index (χ2n) is 11.2. The second-order valence-corrected chi connectivity index (χ2v) is 11.2. The Morgan fingerprint density at radius 3 is 1.85 bits per heavy atom. The molecule has 0 aromatic carbocycles. The van der Waals surface area contributed by atoms with E-state index in [0.717, 1.165) is 77.7 Å². The molecule has 0 aliphatic carbocycles. The molecule has 1 unspecified atom stereocenters. The van der Waals surface area contributed by atoms with Gasteiger partial charge in [-0.25, -0.2) is 4.68 Å². The van der Waals surface area contributed by atoms with E-state index < -0.39 is 11.7 Å². The van der Waals surface area contributed by atoms with Crippen LogP contribution in [0.5, 0.6) is 0 Å². The molecule has 272 valence electrons. The number of carbonyl (C=O) groups excluding carboxylic acids is 3. The molecule has 0 aliphatic heterocycles. The Balaban J connectivity index is -0.00000290. The Kier molecular flexibility index (Phi) is 35.5. The van der Waals surface area contributed by atoms with E-state index in [4.69, 9.17) is 19.3 Å². The van der Waals surface area contributed by atoms with Crippen molar-refractivity contribution in [3.05, 3.63) is 11.9 Å². The quantitative estimate of drug-likeness (QED) is 0.0816. The summed E-state index contributed by atoms with van der Waals surface area (Å²) < 4.78 is 18.5. The second kappa shape index (κ2) is 34.0. The molecule has 0 saturated carbocycles. The van der Waals surface area contributed by atoms with Gasteiger partial charge in [0.05, 0.1) is 12.2 Å². The number of aliphatic hydroxyl groups excluding tert-OH is 1. The van der Waals surface area contributed by atoms with Gasteiger partial charge < -0.3 is 19.3 Å². The lowest BCUT2D eigenvalue weighted by atomic mass is 9.98. The summed E-state index contributed by atoms with van der Waals surface area (Å²) in [6, 6.07) is 0. The lowest BCUT2D eigenvalue weighted by Gasteiger charge is -2.23. The predicted octanol–water partition coefficient (Wildman–Crippen LogP) is 8.21. The average Bonchev–Trinajstić information content (AvgIpc) is 3.52. The van der Waals surface area contributed by atoms with Gasteiger partial charge >= 0.3 is 11.9 Å². The highest BCUT2D eigenvalue weighted by atomic mass is 16.6. The van der Waals surface area contributed by atoms with E-state index in [2.05, 4.69) is 31.1 Å². The number of hydrogen-bond acceptors (Lipinski definition) is 9. The third kappa shape index (κ3) is 26.8. The smallest absolute Gasteiger partial charge is 0.306 e. The number of aryl methyl sites for hydroxylation is 1. The number of hydrogen-bond donors (Lipinski definition) is 1. The molecule has 1 heterocycles. The van der Waals surface area contributed by atoms with Crippen LogP contribution in [0.1, 0.15) is 164 Å². The number of ether oxygens (including phenoxy) is 3. The van der Waals surface area contributed by atoms with Crippen molar-refractivity contribution in [2.75, 3.05) is 20.3 Å². The van der Waals surface area contributed by atoms with Gasteiger partial charge in [-0.15, -0.1) is 5.10 Å². The maximum absolute atomic E-state index is 12.7. The van der Waals surface area contributed by atoms with Gasteiger partial charge in [-0.3, -0.25) is 14.4 Å². The SMILES string of the molecule is CC.CC.CCCCCCCC(=O)OCC(Cn1cc(CCC(=O)C(C)(C)OCCCC)nn1)OC(=O)CCCCCCC.CO. The maximum atomic E-state index is 12.7. The van der Waals surface area contributed by atoms with Gasteiger partial charge in [0.1, 0.15) is 12.2 Å². The molecule has 0 bridgehead atoms. The lowest BCUT2D eigenvalue weighted by Crippen LogP contribution is -2.35. The minimum Gasteiger partial charge on any atom is -0.462 e. The largest absolute Gasteiger partial charge is 0.462 e. The van der Waals surface area contributed by atoms with Crippen LogP contribution in [-0.4, -0.2) is 69.9 Å². The molecular weight excluding hydrogens is 586 g/mol. The first-order valence-electron chi connectivity index (χ1n) is 18.1. The number of ketones is 1. The molecular formula is C36H71N3O7. The van der Waals surface area contributed by atoms with Crippen molar-refractivity contribution in [1.82, 2.24) is 15.0 Å². The van der Waals surface area contributed by atoms with Crippen LogP contribution in [0.15, 0.2) is 6.20 Å². The summed E-state index contributed by atoms with van der Waals surface area (Å²) in [5.74, 6) is -0.558. The Bertz CT molecular complexity index is 843. The fourth-order valence-electron chi connectivity index (χ4n) is 4.22. The summed E-state index contributed by atoms with van der Waals surface area (Å²) in [6.07, 6.45) is 14.9. The van der Waals surface area contributed by atoms with Gasteiger partial charge in [0.25, 0.3) is 0 Å². The van der Waals surface area contributed by atoms with Gasteiger partial charge in [0.2, 0.25) is 0 Å².